The second kappa shape index (κ2) is 9.66. The van der Waals surface area contributed by atoms with Crippen molar-refractivity contribution >= 4 is 41.5 Å². The van der Waals surface area contributed by atoms with E-state index in [1.54, 1.807) is 0 Å². The molecule has 0 bridgehead atoms. The van der Waals surface area contributed by atoms with Gasteiger partial charge in [-0.05, 0) is 25.0 Å². The number of aliphatic imine (C=N–C) groups is 1. The lowest BCUT2D eigenvalue weighted by Crippen LogP contribution is -2.38. The molecule has 0 fully saturated rings. The number of guanidine groups is 1. The van der Waals surface area contributed by atoms with Crippen molar-refractivity contribution in [2.75, 3.05) is 25.0 Å². The molecule has 1 amide bonds. The van der Waals surface area contributed by atoms with Crippen molar-refractivity contribution in [3.05, 3.63) is 29.8 Å². The third-order valence-corrected chi connectivity index (χ3v) is 3.46. The molecule has 1 aromatic carbocycles. The van der Waals surface area contributed by atoms with Gasteiger partial charge >= 0.3 is 0 Å². The van der Waals surface area contributed by atoms with E-state index >= 15 is 0 Å². The smallest absolute Gasteiger partial charge is 0.225 e. The van der Waals surface area contributed by atoms with Crippen molar-refractivity contribution in [3.63, 3.8) is 0 Å². The number of carbonyl (C=O) groups is 1. The van der Waals surface area contributed by atoms with Gasteiger partial charge in [-0.3, -0.25) is 9.79 Å². The average Bonchev–Trinajstić information content (AvgIpc) is 2.49. The molecule has 0 saturated heterocycles. The maximum Gasteiger partial charge on any atom is 0.225 e. The molecule has 5 nitrogen and oxygen atoms in total. The fourth-order valence-corrected chi connectivity index (χ4v) is 2.45. The van der Waals surface area contributed by atoms with Crippen LogP contribution >= 0.6 is 24.0 Å². The summed E-state index contributed by atoms with van der Waals surface area (Å²) in [5.74, 6) is 1.04. The van der Waals surface area contributed by atoms with Crippen molar-refractivity contribution in [1.82, 2.24) is 10.6 Å². The zero-order valence-corrected chi connectivity index (χ0v) is 15.5. The summed E-state index contributed by atoms with van der Waals surface area (Å²) >= 11 is 0. The van der Waals surface area contributed by atoms with Gasteiger partial charge < -0.3 is 16.0 Å². The van der Waals surface area contributed by atoms with E-state index in [-0.39, 0.29) is 35.8 Å². The van der Waals surface area contributed by atoms with E-state index in [0.29, 0.717) is 13.0 Å². The lowest BCUT2D eigenvalue weighted by atomic mass is 9.91. The Morgan fingerprint density at radius 3 is 2.82 bits per heavy atom. The van der Waals surface area contributed by atoms with E-state index in [1.807, 2.05) is 25.1 Å². The summed E-state index contributed by atoms with van der Waals surface area (Å²) < 4.78 is 0. The van der Waals surface area contributed by atoms with Crippen molar-refractivity contribution in [2.45, 2.75) is 32.6 Å². The SMILES string of the molecule is CCCNC(=NCC1CC(=O)Nc2ccccc21)NCC.I. The lowest BCUT2D eigenvalue weighted by molar-refractivity contribution is -0.116. The highest BCUT2D eigenvalue weighted by Gasteiger charge is 2.24. The Morgan fingerprint density at radius 1 is 1.32 bits per heavy atom. The fraction of sp³-hybridized carbons (Fsp3) is 0.500. The fourth-order valence-electron chi connectivity index (χ4n) is 2.45. The average molecular weight is 416 g/mol. The van der Waals surface area contributed by atoms with E-state index in [0.717, 1.165) is 31.2 Å². The molecule has 0 saturated carbocycles. The molecule has 0 spiro atoms. The first-order valence-electron chi connectivity index (χ1n) is 7.65. The van der Waals surface area contributed by atoms with Gasteiger partial charge in [0.2, 0.25) is 5.91 Å². The number of benzene rings is 1. The summed E-state index contributed by atoms with van der Waals surface area (Å²) in [6.07, 6.45) is 1.55. The highest BCUT2D eigenvalue weighted by atomic mass is 127. The monoisotopic (exact) mass is 416 g/mol. The Labute approximate surface area is 149 Å². The molecule has 0 aromatic heterocycles. The summed E-state index contributed by atoms with van der Waals surface area (Å²) in [5.41, 5.74) is 2.09. The van der Waals surface area contributed by atoms with Crippen LogP contribution in [0.5, 0.6) is 0 Å². The van der Waals surface area contributed by atoms with Crippen LogP contribution in [0.25, 0.3) is 0 Å². The molecule has 1 aliphatic rings. The number of para-hydroxylation sites is 1. The Balaban J connectivity index is 0.00000242. The van der Waals surface area contributed by atoms with Crippen molar-refractivity contribution < 1.29 is 4.79 Å². The first kappa shape index (κ1) is 18.7. The number of halogens is 1. The molecule has 1 heterocycles. The molecule has 1 atom stereocenters. The maximum absolute atomic E-state index is 11.8. The highest BCUT2D eigenvalue weighted by molar-refractivity contribution is 14.0. The van der Waals surface area contributed by atoms with Crippen LogP contribution in [-0.4, -0.2) is 31.5 Å². The van der Waals surface area contributed by atoms with Crippen LogP contribution in [-0.2, 0) is 4.79 Å². The molecular weight excluding hydrogens is 391 g/mol. The number of hydrogen-bond donors (Lipinski definition) is 3. The van der Waals surface area contributed by atoms with Gasteiger partial charge in [0.05, 0.1) is 6.54 Å². The van der Waals surface area contributed by atoms with Gasteiger partial charge in [-0.1, -0.05) is 25.1 Å². The second-order valence-electron chi connectivity index (χ2n) is 5.18. The van der Waals surface area contributed by atoms with Crippen LogP contribution in [0.1, 0.15) is 38.2 Å². The van der Waals surface area contributed by atoms with Gasteiger partial charge in [0.15, 0.2) is 5.96 Å². The molecule has 6 heteroatoms. The van der Waals surface area contributed by atoms with E-state index in [2.05, 4.69) is 33.9 Å². The van der Waals surface area contributed by atoms with Crippen LogP contribution in [0.2, 0.25) is 0 Å². The normalized spacial score (nSPS) is 17.1. The standard InChI is InChI=1S/C16H24N4O.HI/c1-3-9-18-16(17-4-2)19-11-12-10-15(21)20-14-8-6-5-7-13(12)14;/h5-8,12H,3-4,9-11H2,1-2H3,(H,20,21)(H2,17,18,19);1H. The largest absolute Gasteiger partial charge is 0.357 e. The quantitative estimate of drug-likeness (QED) is 0.393. The first-order valence-corrected chi connectivity index (χ1v) is 7.65. The summed E-state index contributed by atoms with van der Waals surface area (Å²) in [7, 11) is 0. The minimum atomic E-state index is 0. The van der Waals surface area contributed by atoms with Gasteiger partial charge in [0.25, 0.3) is 0 Å². The van der Waals surface area contributed by atoms with Gasteiger partial charge in [-0.25, -0.2) is 0 Å². The summed E-state index contributed by atoms with van der Waals surface area (Å²) in [6, 6.07) is 7.97. The van der Waals surface area contributed by atoms with Gasteiger partial charge in [0.1, 0.15) is 0 Å². The predicted octanol–water partition coefficient (Wildman–Crippen LogP) is 2.70. The lowest BCUT2D eigenvalue weighted by Gasteiger charge is -2.24. The topological polar surface area (TPSA) is 65.5 Å². The Hall–Kier alpha value is -1.31. The number of nitrogens with one attached hydrogen (secondary N) is 3. The first-order chi connectivity index (χ1) is 10.2. The number of amides is 1. The minimum Gasteiger partial charge on any atom is -0.357 e. The van der Waals surface area contributed by atoms with Crippen LogP contribution in [0.15, 0.2) is 29.3 Å². The Morgan fingerprint density at radius 2 is 2.09 bits per heavy atom. The maximum atomic E-state index is 11.8. The Bertz CT molecular complexity index is 519. The highest BCUT2D eigenvalue weighted by Crippen LogP contribution is 2.31. The molecule has 22 heavy (non-hydrogen) atoms. The molecule has 2 rings (SSSR count). The molecule has 1 unspecified atom stereocenters. The Kier molecular flexibility index (Phi) is 8.22. The van der Waals surface area contributed by atoms with Gasteiger partial charge in [-0.2, -0.15) is 0 Å². The van der Waals surface area contributed by atoms with Crippen LogP contribution in [0.4, 0.5) is 5.69 Å². The minimum absolute atomic E-state index is 0. The molecule has 0 radical (unpaired) electrons. The van der Waals surface area contributed by atoms with Crippen LogP contribution in [0, 0.1) is 0 Å². The number of fused-ring (bicyclic) bond motifs is 1. The summed E-state index contributed by atoms with van der Waals surface area (Å²) in [4.78, 5) is 16.4. The zero-order chi connectivity index (χ0) is 15.1. The van der Waals surface area contributed by atoms with E-state index in [4.69, 9.17) is 0 Å². The molecule has 3 N–H and O–H groups in total. The number of anilines is 1. The van der Waals surface area contributed by atoms with Crippen LogP contribution < -0.4 is 16.0 Å². The van der Waals surface area contributed by atoms with Gasteiger partial charge in [0, 0.05) is 31.1 Å². The third-order valence-electron chi connectivity index (χ3n) is 3.46. The molecule has 1 aliphatic heterocycles. The van der Waals surface area contributed by atoms with Crippen molar-refractivity contribution in [1.29, 1.82) is 0 Å². The van der Waals surface area contributed by atoms with Gasteiger partial charge in [-0.15, -0.1) is 24.0 Å². The summed E-state index contributed by atoms with van der Waals surface area (Å²) in [5, 5.41) is 9.43. The third kappa shape index (κ3) is 5.15. The molecular formula is C16H25IN4O. The molecule has 0 aliphatic carbocycles. The van der Waals surface area contributed by atoms with E-state index < -0.39 is 0 Å². The van der Waals surface area contributed by atoms with Crippen LogP contribution in [0.3, 0.4) is 0 Å². The zero-order valence-electron chi connectivity index (χ0n) is 13.2. The predicted molar refractivity (Wildman–Crippen MR) is 102 cm³/mol. The number of nitrogens with zero attached hydrogens (tertiary/aromatic N) is 1. The molecule has 1 aromatic rings. The number of rotatable bonds is 5. The summed E-state index contributed by atoms with van der Waals surface area (Å²) in [6.45, 7) is 6.51. The second-order valence-corrected chi connectivity index (χ2v) is 5.18. The van der Waals surface area contributed by atoms with E-state index in [1.165, 1.54) is 5.56 Å². The van der Waals surface area contributed by atoms with Crippen molar-refractivity contribution in [2.24, 2.45) is 4.99 Å². The number of carbonyl (C=O) groups excluding carboxylic acids is 1. The molecule has 122 valence electrons. The van der Waals surface area contributed by atoms with Crippen molar-refractivity contribution in [3.8, 4) is 0 Å². The number of hydrogen-bond acceptors (Lipinski definition) is 2. The van der Waals surface area contributed by atoms with E-state index in [9.17, 15) is 4.79 Å².